The molecule has 1 heterocycles. The van der Waals surface area contributed by atoms with Gasteiger partial charge < -0.3 is 5.73 Å². The topological polar surface area (TPSA) is 43.8 Å². The summed E-state index contributed by atoms with van der Waals surface area (Å²) < 4.78 is 1.83. The molecule has 0 bridgehead atoms. The van der Waals surface area contributed by atoms with Crippen LogP contribution >= 0.6 is 0 Å². The third-order valence-electron chi connectivity index (χ3n) is 2.63. The predicted molar refractivity (Wildman–Crippen MR) is 73.3 cm³/mol. The van der Waals surface area contributed by atoms with E-state index in [1.165, 1.54) is 0 Å². The zero-order valence-corrected chi connectivity index (χ0v) is 10.5. The van der Waals surface area contributed by atoms with E-state index in [0.717, 1.165) is 24.2 Å². The molecule has 3 nitrogen and oxygen atoms in total. The van der Waals surface area contributed by atoms with Gasteiger partial charge in [0.15, 0.2) is 0 Å². The zero-order chi connectivity index (χ0) is 12.8. The molecular weight excluding hydrogens is 222 g/mol. The van der Waals surface area contributed by atoms with Gasteiger partial charge in [0.1, 0.15) is 5.69 Å². The molecule has 0 saturated carbocycles. The van der Waals surface area contributed by atoms with Crippen molar-refractivity contribution in [3.63, 3.8) is 0 Å². The lowest BCUT2D eigenvalue weighted by atomic mass is 10.2. The van der Waals surface area contributed by atoms with Gasteiger partial charge >= 0.3 is 0 Å². The molecule has 2 rings (SSSR count). The van der Waals surface area contributed by atoms with Crippen LogP contribution in [0.4, 0.5) is 0 Å². The minimum atomic E-state index is -0.0610. The molecule has 18 heavy (non-hydrogen) atoms. The zero-order valence-electron chi connectivity index (χ0n) is 10.5. The summed E-state index contributed by atoms with van der Waals surface area (Å²) in [6.45, 7) is 2.11. The van der Waals surface area contributed by atoms with Gasteiger partial charge in [-0.25, -0.2) is 4.68 Å². The van der Waals surface area contributed by atoms with Crippen molar-refractivity contribution in [2.75, 3.05) is 0 Å². The Morgan fingerprint density at radius 2 is 2.06 bits per heavy atom. The molecule has 2 aromatic rings. The molecule has 0 spiro atoms. The van der Waals surface area contributed by atoms with E-state index >= 15 is 0 Å². The summed E-state index contributed by atoms with van der Waals surface area (Å²) in [7, 11) is 0. The van der Waals surface area contributed by atoms with Crippen LogP contribution in [0.25, 0.3) is 5.69 Å². The molecule has 0 aliphatic rings. The Kier molecular flexibility index (Phi) is 4.16. The first-order chi connectivity index (χ1) is 8.81. The molecule has 1 aromatic heterocycles. The summed E-state index contributed by atoms with van der Waals surface area (Å²) in [5, 5.41) is 4.28. The number of nitrogens with two attached hydrogens (primary N) is 1. The highest BCUT2D eigenvalue weighted by Crippen LogP contribution is 2.08. The van der Waals surface area contributed by atoms with Gasteiger partial charge in [-0.2, -0.15) is 5.10 Å². The average molecular weight is 239 g/mol. The second kappa shape index (κ2) is 6.04. The fourth-order valence-electron chi connectivity index (χ4n) is 1.72. The molecule has 3 heteroatoms. The summed E-state index contributed by atoms with van der Waals surface area (Å²) >= 11 is 0. The largest absolute Gasteiger partial charge is 0.318 e. The maximum atomic E-state index is 5.89. The Morgan fingerprint density at radius 1 is 1.28 bits per heavy atom. The first kappa shape index (κ1) is 12.4. The van der Waals surface area contributed by atoms with Crippen LogP contribution in [0.2, 0.25) is 0 Å². The lowest BCUT2D eigenvalue weighted by Crippen LogP contribution is -2.16. The van der Waals surface area contributed by atoms with Crippen LogP contribution in [0.5, 0.6) is 0 Å². The molecule has 0 saturated heterocycles. The van der Waals surface area contributed by atoms with Gasteiger partial charge in [0.05, 0.1) is 17.9 Å². The summed E-state index contributed by atoms with van der Waals surface area (Å²) in [4.78, 5) is 0. The molecule has 1 unspecified atom stereocenters. The number of para-hydroxylation sites is 1. The van der Waals surface area contributed by atoms with Crippen molar-refractivity contribution in [1.82, 2.24) is 9.78 Å². The Bertz CT molecular complexity index is 546. The van der Waals surface area contributed by atoms with Gasteiger partial charge in [0, 0.05) is 0 Å². The second-order valence-corrected chi connectivity index (χ2v) is 4.13. The lowest BCUT2D eigenvalue weighted by molar-refractivity contribution is 0.720. The first-order valence-corrected chi connectivity index (χ1v) is 6.18. The van der Waals surface area contributed by atoms with Crippen molar-refractivity contribution in [3.8, 4) is 17.5 Å². The number of hydrogen-bond donors (Lipinski definition) is 1. The smallest absolute Gasteiger partial charge is 0.117 e. The summed E-state index contributed by atoms with van der Waals surface area (Å²) in [6, 6.07) is 11.8. The molecule has 2 N–H and O–H groups in total. The van der Waals surface area contributed by atoms with Gasteiger partial charge in [0.2, 0.25) is 0 Å². The van der Waals surface area contributed by atoms with Crippen molar-refractivity contribution in [3.05, 3.63) is 48.3 Å². The number of nitrogens with zero attached hydrogens (tertiary/aromatic N) is 2. The lowest BCUT2D eigenvalue weighted by Gasteiger charge is -2.03. The van der Waals surface area contributed by atoms with E-state index in [0.29, 0.717) is 0 Å². The van der Waals surface area contributed by atoms with Crippen molar-refractivity contribution in [2.24, 2.45) is 5.73 Å². The van der Waals surface area contributed by atoms with E-state index in [4.69, 9.17) is 5.73 Å². The van der Waals surface area contributed by atoms with E-state index in [-0.39, 0.29) is 6.04 Å². The van der Waals surface area contributed by atoms with Crippen molar-refractivity contribution in [2.45, 2.75) is 25.8 Å². The maximum absolute atomic E-state index is 5.89. The molecular formula is C15H17N3. The van der Waals surface area contributed by atoms with Gasteiger partial charge in [-0.05, 0) is 30.5 Å². The Morgan fingerprint density at radius 3 is 2.78 bits per heavy atom. The van der Waals surface area contributed by atoms with E-state index in [1.54, 1.807) is 6.20 Å². The van der Waals surface area contributed by atoms with E-state index < -0.39 is 0 Å². The van der Waals surface area contributed by atoms with Crippen LogP contribution < -0.4 is 5.73 Å². The minimum Gasteiger partial charge on any atom is -0.318 e. The summed E-state index contributed by atoms with van der Waals surface area (Å²) in [5.74, 6) is 6.16. The number of rotatable bonds is 3. The maximum Gasteiger partial charge on any atom is 0.117 e. The van der Waals surface area contributed by atoms with Crippen LogP contribution in [0.1, 0.15) is 25.5 Å². The van der Waals surface area contributed by atoms with Crippen LogP contribution in [0, 0.1) is 11.8 Å². The SMILES string of the molecule is CCCC(N)C#Cc1ccnn1-c1ccccc1. The Hall–Kier alpha value is -2.05. The second-order valence-electron chi connectivity index (χ2n) is 4.13. The standard InChI is InChI=1S/C15H17N3/c1-2-6-13(16)9-10-15-11-12-17-18(15)14-7-4-3-5-8-14/h3-5,7-8,11-13H,2,6,16H2,1H3. The molecule has 1 atom stereocenters. The number of aromatic nitrogens is 2. The van der Waals surface area contributed by atoms with Crippen LogP contribution in [0.15, 0.2) is 42.6 Å². The molecule has 0 radical (unpaired) electrons. The molecule has 0 aliphatic heterocycles. The molecule has 92 valence electrons. The van der Waals surface area contributed by atoms with E-state index in [1.807, 2.05) is 41.1 Å². The van der Waals surface area contributed by atoms with Gasteiger partial charge in [0.25, 0.3) is 0 Å². The normalized spacial score (nSPS) is 11.7. The quantitative estimate of drug-likeness (QED) is 0.836. The van der Waals surface area contributed by atoms with Gasteiger partial charge in [-0.1, -0.05) is 37.5 Å². The predicted octanol–water partition coefficient (Wildman–Crippen LogP) is 2.35. The highest BCUT2D eigenvalue weighted by Gasteiger charge is 2.01. The highest BCUT2D eigenvalue weighted by molar-refractivity contribution is 5.38. The van der Waals surface area contributed by atoms with Crippen LogP contribution in [-0.2, 0) is 0 Å². The third-order valence-corrected chi connectivity index (χ3v) is 2.63. The minimum absolute atomic E-state index is 0.0610. The molecule has 1 aromatic carbocycles. The molecule has 0 fully saturated rings. The molecule has 0 aliphatic carbocycles. The van der Waals surface area contributed by atoms with E-state index in [2.05, 4.69) is 23.9 Å². The fraction of sp³-hybridized carbons (Fsp3) is 0.267. The fourth-order valence-corrected chi connectivity index (χ4v) is 1.72. The van der Waals surface area contributed by atoms with Crippen LogP contribution in [0.3, 0.4) is 0 Å². The highest BCUT2D eigenvalue weighted by atomic mass is 15.3. The van der Waals surface area contributed by atoms with E-state index in [9.17, 15) is 0 Å². The Labute approximate surface area is 108 Å². The number of benzene rings is 1. The van der Waals surface area contributed by atoms with Gasteiger partial charge in [-0.15, -0.1) is 0 Å². The number of hydrogen-bond acceptors (Lipinski definition) is 2. The molecule has 0 amide bonds. The van der Waals surface area contributed by atoms with Crippen molar-refractivity contribution >= 4 is 0 Å². The monoisotopic (exact) mass is 239 g/mol. The Balaban J connectivity index is 2.24. The summed E-state index contributed by atoms with van der Waals surface area (Å²) in [5.41, 5.74) is 7.76. The van der Waals surface area contributed by atoms with Crippen molar-refractivity contribution in [1.29, 1.82) is 0 Å². The average Bonchev–Trinajstić information content (AvgIpc) is 2.86. The van der Waals surface area contributed by atoms with Crippen LogP contribution in [-0.4, -0.2) is 15.8 Å². The first-order valence-electron chi connectivity index (χ1n) is 6.18. The van der Waals surface area contributed by atoms with Crippen molar-refractivity contribution < 1.29 is 0 Å². The van der Waals surface area contributed by atoms with Gasteiger partial charge in [-0.3, -0.25) is 0 Å². The third kappa shape index (κ3) is 2.99. The summed E-state index contributed by atoms with van der Waals surface area (Å²) in [6.07, 6.45) is 3.72.